The normalized spacial score (nSPS) is 37.0. The predicted octanol–water partition coefficient (Wildman–Crippen LogP) is 2.66. The maximum absolute atomic E-state index is 12.3. The average Bonchev–Trinajstić information content (AvgIpc) is 2.36. The van der Waals surface area contributed by atoms with Crippen LogP contribution in [0.3, 0.4) is 0 Å². The number of hydrogen-bond acceptors (Lipinski definition) is 4. The lowest BCUT2D eigenvalue weighted by Gasteiger charge is -2.52. The van der Waals surface area contributed by atoms with E-state index >= 15 is 0 Å². The summed E-state index contributed by atoms with van der Waals surface area (Å²) < 4.78 is 5.46. The summed E-state index contributed by atoms with van der Waals surface area (Å²) in [6.07, 6.45) is 4.86. The first-order valence-corrected chi connectivity index (χ1v) is 8.54. The number of nitrogens with zero attached hydrogens (tertiary/aromatic N) is 1. The van der Waals surface area contributed by atoms with Crippen LogP contribution in [0, 0.1) is 5.92 Å². The van der Waals surface area contributed by atoms with Crippen LogP contribution in [-0.2, 0) is 4.74 Å². The minimum Gasteiger partial charge on any atom is -0.444 e. The molecule has 3 unspecified atom stereocenters. The molecule has 2 fully saturated rings. The third-order valence-electron chi connectivity index (χ3n) is 5.08. The molecular weight excluding hydrogens is 280 g/mol. The van der Waals surface area contributed by atoms with Crippen LogP contribution in [0.25, 0.3) is 0 Å². The van der Waals surface area contributed by atoms with Gasteiger partial charge in [0.05, 0.1) is 11.1 Å². The molecule has 5 nitrogen and oxygen atoms in total. The lowest BCUT2D eigenvalue weighted by molar-refractivity contribution is -0.0992. The fraction of sp³-hybridized carbons (Fsp3) is 0.941. The third-order valence-corrected chi connectivity index (χ3v) is 5.08. The van der Waals surface area contributed by atoms with Crippen LogP contribution in [0.4, 0.5) is 4.79 Å². The Balaban J connectivity index is 2.09. The number of aliphatic hydroxyl groups is 1. The van der Waals surface area contributed by atoms with Crippen LogP contribution in [0.2, 0.25) is 0 Å². The van der Waals surface area contributed by atoms with E-state index in [-0.39, 0.29) is 6.09 Å². The van der Waals surface area contributed by atoms with Crippen LogP contribution in [0.15, 0.2) is 0 Å². The summed E-state index contributed by atoms with van der Waals surface area (Å²) in [5.74, 6) is 0.482. The van der Waals surface area contributed by atoms with Gasteiger partial charge in [-0.3, -0.25) is 0 Å². The fourth-order valence-corrected chi connectivity index (χ4v) is 3.92. The fourth-order valence-electron chi connectivity index (χ4n) is 3.92. The van der Waals surface area contributed by atoms with Gasteiger partial charge >= 0.3 is 6.09 Å². The molecule has 1 heterocycles. The summed E-state index contributed by atoms with van der Waals surface area (Å²) >= 11 is 0. The van der Waals surface area contributed by atoms with Crippen LogP contribution in [0.5, 0.6) is 0 Å². The zero-order valence-corrected chi connectivity index (χ0v) is 14.5. The van der Waals surface area contributed by atoms with Gasteiger partial charge in [-0.05, 0) is 52.4 Å². The molecule has 0 aromatic rings. The van der Waals surface area contributed by atoms with Crippen molar-refractivity contribution in [2.75, 3.05) is 13.1 Å². The van der Waals surface area contributed by atoms with Gasteiger partial charge < -0.3 is 20.5 Å². The number of amides is 1. The van der Waals surface area contributed by atoms with E-state index in [0.29, 0.717) is 19.0 Å². The van der Waals surface area contributed by atoms with E-state index in [1.54, 1.807) is 4.90 Å². The van der Waals surface area contributed by atoms with Gasteiger partial charge in [-0.1, -0.05) is 19.8 Å². The summed E-state index contributed by atoms with van der Waals surface area (Å²) in [5, 5.41) is 11.2. The highest BCUT2D eigenvalue weighted by atomic mass is 16.6. The van der Waals surface area contributed by atoms with E-state index in [2.05, 4.69) is 6.92 Å². The highest BCUT2D eigenvalue weighted by molar-refractivity contribution is 5.68. The first kappa shape index (κ1) is 17.5. The number of carbonyl (C=O) groups excluding carboxylic acids is 1. The van der Waals surface area contributed by atoms with Gasteiger partial charge in [0.25, 0.3) is 0 Å². The molecule has 22 heavy (non-hydrogen) atoms. The van der Waals surface area contributed by atoms with E-state index in [9.17, 15) is 9.90 Å². The first-order chi connectivity index (χ1) is 10.0. The molecule has 3 N–H and O–H groups in total. The van der Waals surface area contributed by atoms with Crippen molar-refractivity contribution in [3.63, 3.8) is 0 Å². The Labute approximate surface area is 134 Å². The van der Waals surface area contributed by atoms with Gasteiger partial charge in [0, 0.05) is 13.1 Å². The summed E-state index contributed by atoms with van der Waals surface area (Å²) in [6, 6.07) is 0. The highest BCUT2D eigenvalue weighted by Gasteiger charge is 2.51. The Kier molecular flexibility index (Phi) is 4.79. The lowest BCUT2D eigenvalue weighted by Crippen LogP contribution is -2.69. The van der Waals surface area contributed by atoms with Crippen molar-refractivity contribution in [1.29, 1.82) is 0 Å². The highest BCUT2D eigenvalue weighted by Crippen LogP contribution is 2.42. The van der Waals surface area contributed by atoms with Crippen molar-refractivity contribution in [3.8, 4) is 0 Å². The smallest absolute Gasteiger partial charge is 0.410 e. The molecular formula is C17H32N2O3. The van der Waals surface area contributed by atoms with Crippen LogP contribution >= 0.6 is 0 Å². The Hall–Kier alpha value is -0.810. The molecule has 1 amide bonds. The van der Waals surface area contributed by atoms with Gasteiger partial charge in [0.1, 0.15) is 5.60 Å². The summed E-state index contributed by atoms with van der Waals surface area (Å²) in [5.41, 5.74) is 4.52. The molecule has 1 aliphatic carbocycles. The van der Waals surface area contributed by atoms with E-state index in [4.69, 9.17) is 10.5 Å². The number of hydrogen-bond donors (Lipinski definition) is 2. The summed E-state index contributed by atoms with van der Waals surface area (Å²) in [7, 11) is 0. The largest absolute Gasteiger partial charge is 0.444 e. The van der Waals surface area contributed by atoms with Crippen molar-refractivity contribution in [1.82, 2.24) is 4.90 Å². The lowest BCUT2D eigenvalue weighted by atomic mass is 9.65. The second-order valence-electron chi connectivity index (χ2n) is 8.39. The molecule has 0 aromatic heterocycles. The molecule has 2 aliphatic rings. The summed E-state index contributed by atoms with van der Waals surface area (Å²) in [6.45, 7) is 8.79. The van der Waals surface area contributed by atoms with Crippen molar-refractivity contribution < 1.29 is 14.6 Å². The second-order valence-corrected chi connectivity index (χ2v) is 8.39. The maximum Gasteiger partial charge on any atom is 0.410 e. The van der Waals surface area contributed by atoms with Crippen molar-refractivity contribution in [2.45, 2.75) is 83.0 Å². The summed E-state index contributed by atoms with van der Waals surface area (Å²) in [4.78, 5) is 14.0. The van der Waals surface area contributed by atoms with Crippen LogP contribution < -0.4 is 5.73 Å². The number of ether oxygens (including phenoxy) is 1. The third kappa shape index (κ3) is 3.74. The van der Waals surface area contributed by atoms with Crippen molar-refractivity contribution in [2.24, 2.45) is 11.7 Å². The molecule has 5 heteroatoms. The second kappa shape index (κ2) is 6.00. The molecule has 0 aromatic carbocycles. The molecule has 1 saturated heterocycles. The van der Waals surface area contributed by atoms with Crippen LogP contribution in [-0.4, -0.2) is 45.9 Å². The number of carbonyl (C=O) groups is 1. The number of piperidine rings is 1. The number of likely N-dealkylation sites (tertiary alicyclic amines) is 1. The quantitative estimate of drug-likeness (QED) is 0.780. The molecule has 3 atom stereocenters. The molecule has 0 radical (unpaired) electrons. The van der Waals surface area contributed by atoms with Gasteiger partial charge in [-0.15, -0.1) is 0 Å². The topological polar surface area (TPSA) is 75.8 Å². The Morgan fingerprint density at radius 3 is 2.59 bits per heavy atom. The standard InChI is InChI=1S/C17H32N2O3/c1-13-7-5-9-17(21,11-13)16(18)8-6-10-19(12-16)14(20)22-15(2,3)4/h13,21H,5-12,18H2,1-4H3. The maximum atomic E-state index is 12.3. The average molecular weight is 312 g/mol. The van der Waals surface area contributed by atoms with Gasteiger partial charge in [0.2, 0.25) is 0 Å². The predicted molar refractivity (Wildman–Crippen MR) is 86.5 cm³/mol. The number of nitrogens with two attached hydrogens (primary N) is 1. The van der Waals surface area contributed by atoms with Crippen LogP contribution in [0.1, 0.15) is 66.2 Å². The van der Waals surface area contributed by atoms with Gasteiger partial charge in [-0.2, -0.15) is 0 Å². The zero-order valence-electron chi connectivity index (χ0n) is 14.5. The van der Waals surface area contributed by atoms with Gasteiger partial charge in [0.15, 0.2) is 0 Å². The first-order valence-electron chi connectivity index (χ1n) is 8.54. The zero-order chi connectivity index (χ0) is 16.6. The molecule has 0 spiro atoms. The monoisotopic (exact) mass is 312 g/mol. The Morgan fingerprint density at radius 1 is 1.32 bits per heavy atom. The molecule has 1 aliphatic heterocycles. The van der Waals surface area contributed by atoms with Crippen molar-refractivity contribution >= 4 is 6.09 Å². The molecule has 1 saturated carbocycles. The minimum atomic E-state index is -0.870. The molecule has 0 bridgehead atoms. The van der Waals surface area contributed by atoms with Gasteiger partial charge in [-0.25, -0.2) is 4.79 Å². The van der Waals surface area contributed by atoms with E-state index in [0.717, 1.165) is 38.5 Å². The molecule has 128 valence electrons. The van der Waals surface area contributed by atoms with Crippen molar-refractivity contribution in [3.05, 3.63) is 0 Å². The number of rotatable bonds is 1. The van der Waals surface area contributed by atoms with E-state index < -0.39 is 16.7 Å². The Bertz CT molecular complexity index is 421. The minimum absolute atomic E-state index is 0.325. The molecule has 2 rings (SSSR count). The van der Waals surface area contributed by atoms with E-state index in [1.165, 1.54) is 0 Å². The van der Waals surface area contributed by atoms with E-state index in [1.807, 2.05) is 20.8 Å². The SMILES string of the molecule is CC1CCCC(O)(C2(N)CCCN(C(=O)OC(C)(C)C)C2)C1. The Morgan fingerprint density at radius 2 is 2.00 bits per heavy atom.